The van der Waals surface area contributed by atoms with Crippen LogP contribution in [0.1, 0.15) is 25.3 Å². The van der Waals surface area contributed by atoms with Gasteiger partial charge >= 0.3 is 5.97 Å². The van der Waals surface area contributed by atoms with Crippen LogP contribution < -0.4 is 5.43 Å². The van der Waals surface area contributed by atoms with E-state index in [2.05, 4.69) is 24.3 Å². The molecule has 0 spiro atoms. The van der Waals surface area contributed by atoms with Gasteiger partial charge in [0.05, 0.1) is 11.0 Å². The van der Waals surface area contributed by atoms with Crippen molar-refractivity contribution in [3.63, 3.8) is 0 Å². The molecule has 1 amide bonds. The van der Waals surface area contributed by atoms with Gasteiger partial charge in [0, 0.05) is 23.9 Å². The molecule has 4 aromatic rings. The first kappa shape index (κ1) is 23.8. The van der Waals surface area contributed by atoms with Gasteiger partial charge in [-0.15, -0.1) is 0 Å². The van der Waals surface area contributed by atoms with Crippen LogP contribution in [0.3, 0.4) is 0 Å². The molecule has 0 saturated carbocycles. The lowest BCUT2D eigenvalue weighted by molar-refractivity contribution is -0.160. The molecule has 1 atom stereocenters. The third-order valence-corrected chi connectivity index (χ3v) is 7.12. The molecular weight excluding hydrogens is 452 g/mol. The van der Waals surface area contributed by atoms with E-state index in [4.69, 9.17) is 4.74 Å². The standard InChI is InChI=1S/C30H30N2O4/c1-21(30(35)31-17-15-23(16-18-31)19-22-9-3-2-4-10-22)36-28(33)20-32-26-13-7-5-11-24(26)29(34)25-12-6-8-14-27(25)32/h2-14,21,23H,15-20H2,1H3. The highest BCUT2D eigenvalue weighted by Gasteiger charge is 2.28. The molecule has 184 valence electrons. The molecule has 0 aliphatic carbocycles. The maximum absolute atomic E-state index is 13.0. The fourth-order valence-electron chi connectivity index (χ4n) is 5.22. The molecular formula is C30H30N2O4. The molecule has 3 aromatic carbocycles. The minimum absolute atomic E-state index is 0.0648. The number of pyridine rings is 1. The second kappa shape index (κ2) is 10.4. The highest BCUT2D eigenvalue weighted by Crippen LogP contribution is 2.23. The smallest absolute Gasteiger partial charge is 0.326 e. The number of likely N-dealkylation sites (tertiary alicyclic amines) is 1. The number of hydrogen-bond donors (Lipinski definition) is 0. The van der Waals surface area contributed by atoms with Gasteiger partial charge in [0.25, 0.3) is 5.91 Å². The van der Waals surface area contributed by atoms with E-state index in [1.165, 1.54) is 5.56 Å². The maximum atomic E-state index is 13.0. The number of esters is 1. The van der Waals surface area contributed by atoms with Crippen molar-refractivity contribution in [2.24, 2.45) is 5.92 Å². The van der Waals surface area contributed by atoms with Gasteiger partial charge in [-0.25, -0.2) is 0 Å². The van der Waals surface area contributed by atoms with Crippen LogP contribution in [0.4, 0.5) is 0 Å². The van der Waals surface area contributed by atoms with Gasteiger partial charge < -0.3 is 14.2 Å². The minimum Gasteiger partial charge on any atom is -0.451 e. The van der Waals surface area contributed by atoms with Crippen molar-refractivity contribution in [1.82, 2.24) is 9.47 Å². The van der Waals surface area contributed by atoms with E-state index >= 15 is 0 Å². The van der Waals surface area contributed by atoms with Crippen molar-refractivity contribution in [2.45, 2.75) is 38.8 Å². The van der Waals surface area contributed by atoms with Crippen molar-refractivity contribution >= 4 is 33.7 Å². The third-order valence-electron chi connectivity index (χ3n) is 7.12. The molecule has 1 aliphatic rings. The first-order valence-electron chi connectivity index (χ1n) is 12.5. The van der Waals surface area contributed by atoms with Crippen molar-refractivity contribution < 1.29 is 14.3 Å². The fraction of sp³-hybridized carbons (Fsp3) is 0.300. The SMILES string of the molecule is CC(OC(=O)Cn1c2ccccc2c(=O)c2ccccc21)C(=O)N1CCC(Cc2ccccc2)CC1. The summed E-state index contributed by atoms with van der Waals surface area (Å²) in [6.07, 6.45) is 2.04. The van der Waals surface area contributed by atoms with E-state index < -0.39 is 12.1 Å². The largest absolute Gasteiger partial charge is 0.451 e. The van der Waals surface area contributed by atoms with Crippen LogP contribution in [-0.4, -0.2) is 40.5 Å². The van der Waals surface area contributed by atoms with E-state index in [0.29, 0.717) is 40.8 Å². The molecule has 5 rings (SSSR count). The summed E-state index contributed by atoms with van der Waals surface area (Å²) >= 11 is 0. The number of carbonyl (C=O) groups excluding carboxylic acids is 2. The Balaban J connectivity index is 1.24. The highest BCUT2D eigenvalue weighted by molar-refractivity contribution is 5.94. The summed E-state index contributed by atoms with van der Waals surface area (Å²) in [5.74, 6) is -0.110. The fourth-order valence-corrected chi connectivity index (χ4v) is 5.22. The van der Waals surface area contributed by atoms with Crippen LogP contribution in [-0.2, 0) is 27.3 Å². The third kappa shape index (κ3) is 4.89. The Labute approximate surface area is 210 Å². The van der Waals surface area contributed by atoms with Gasteiger partial charge in [0.15, 0.2) is 11.5 Å². The topological polar surface area (TPSA) is 68.6 Å². The van der Waals surface area contributed by atoms with Gasteiger partial charge in [0.1, 0.15) is 6.54 Å². The van der Waals surface area contributed by atoms with E-state index in [1.54, 1.807) is 23.6 Å². The molecule has 1 aliphatic heterocycles. The molecule has 1 aromatic heterocycles. The van der Waals surface area contributed by atoms with E-state index in [0.717, 1.165) is 19.3 Å². The Morgan fingerprint density at radius 3 is 2.03 bits per heavy atom. The number of piperidine rings is 1. The Morgan fingerprint density at radius 1 is 0.861 bits per heavy atom. The summed E-state index contributed by atoms with van der Waals surface area (Å²) in [6, 6.07) is 24.9. The van der Waals surface area contributed by atoms with Crippen LogP contribution >= 0.6 is 0 Å². The predicted molar refractivity (Wildman–Crippen MR) is 141 cm³/mol. The van der Waals surface area contributed by atoms with Crippen LogP contribution in [0.5, 0.6) is 0 Å². The Morgan fingerprint density at radius 2 is 1.42 bits per heavy atom. The predicted octanol–water partition coefficient (Wildman–Crippen LogP) is 4.57. The number of hydrogen-bond acceptors (Lipinski definition) is 4. The first-order valence-corrected chi connectivity index (χ1v) is 12.5. The molecule has 6 nitrogen and oxygen atoms in total. The second-order valence-corrected chi connectivity index (χ2v) is 9.54. The lowest BCUT2D eigenvalue weighted by Crippen LogP contribution is -2.44. The summed E-state index contributed by atoms with van der Waals surface area (Å²) in [5, 5.41) is 1.10. The molecule has 1 fully saturated rings. The molecule has 1 saturated heterocycles. The molecule has 2 heterocycles. The number of benzene rings is 3. The number of rotatable bonds is 6. The van der Waals surface area contributed by atoms with Gasteiger partial charge in [-0.3, -0.25) is 14.4 Å². The summed E-state index contributed by atoms with van der Waals surface area (Å²) in [6.45, 7) is 2.90. The van der Waals surface area contributed by atoms with E-state index in [9.17, 15) is 14.4 Å². The highest BCUT2D eigenvalue weighted by atomic mass is 16.5. The molecule has 6 heteroatoms. The number of fused-ring (bicyclic) bond motifs is 2. The van der Waals surface area contributed by atoms with Crippen LogP contribution in [0.25, 0.3) is 21.8 Å². The number of carbonyl (C=O) groups is 2. The van der Waals surface area contributed by atoms with Crippen molar-refractivity contribution in [2.75, 3.05) is 13.1 Å². The lowest BCUT2D eigenvalue weighted by atomic mass is 9.90. The summed E-state index contributed by atoms with van der Waals surface area (Å²) in [4.78, 5) is 40.7. The van der Waals surface area contributed by atoms with Gasteiger partial charge in [-0.05, 0) is 61.9 Å². The minimum atomic E-state index is -0.861. The van der Waals surface area contributed by atoms with Crippen molar-refractivity contribution in [3.8, 4) is 0 Å². The molecule has 0 N–H and O–H groups in total. The quantitative estimate of drug-likeness (QED) is 0.298. The van der Waals surface area contributed by atoms with Gasteiger partial charge in [0.2, 0.25) is 0 Å². The zero-order valence-corrected chi connectivity index (χ0v) is 20.4. The maximum Gasteiger partial charge on any atom is 0.326 e. The summed E-state index contributed by atoms with van der Waals surface area (Å²) in [5.41, 5.74) is 2.59. The second-order valence-electron chi connectivity index (χ2n) is 9.54. The molecule has 0 radical (unpaired) electrons. The molecule has 36 heavy (non-hydrogen) atoms. The number of amides is 1. The van der Waals surface area contributed by atoms with Gasteiger partial charge in [-0.1, -0.05) is 54.6 Å². The summed E-state index contributed by atoms with van der Waals surface area (Å²) in [7, 11) is 0. The van der Waals surface area contributed by atoms with Crippen LogP contribution in [0, 0.1) is 5.92 Å². The summed E-state index contributed by atoms with van der Waals surface area (Å²) < 4.78 is 7.38. The number of ether oxygens (including phenoxy) is 1. The first-order chi connectivity index (χ1) is 17.5. The number of nitrogens with zero attached hydrogens (tertiary/aromatic N) is 2. The lowest BCUT2D eigenvalue weighted by Gasteiger charge is -2.33. The number of para-hydroxylation sites is 2. The van der Waals surface area contributed by atoms with Gasteiger partial charge in [-0.2, -0.15) is 0 Å². The average molecular weight is 483 g/mol. The normalized spacial score (nSPS) is 15.2. The van der Waals surface area contributed by atoms with Crippen molar-refractivity contribution in [3.05, 3.63) is 94.6 Å². The zero-order chi connectivity index (χ0) is 25.1. The van der Waals surface area contributed by atoms with Crippen LogP contribution in [0.15, 0.2) is 83.7 Å². The van der Waals surface area contributed by atoms with E-state index in [1.807, 2.05) is 47.4 Å². The zero-order valence-electron chi connectivity index (χ0n) is 20.4. The Hall–Kier alpha value is -3.93. The average Bonchev–Trinajstić information content (AvgIpc) is 2.91. The van der Waals surface area contributed by atoms with E-state index in [-0.39, 0.29) is 17.9 Å². The molecule has 1 unspecified atom stereocenters. The molecule has 0 bridgehead atoms. The Kier molecular flexibility index (Phi) is 6.85. The monoisotopic (exact) mass is 482 g/mol. The van der Waals surface area contributed by atoms with Crippen LogP contribution in [0.2, 0.25) is 0 Å². The Bertz CT molecular complexity index is 1390. The number of aromatic nitrogens is 1. The van der Waals surface area contributed by atoms with Crippen molar-refractivity contribution in [1.29, 1.82) is 0 Å².